The van der Waals surface area contributed by atoms with Crippen molar-refractivity contribution in [1.82, 2.24) is 5.32 Å². The quantitative estimate of drug-likeness (QED) is 0.438. The van der Waals surface area contributed by atoms with Crippen molar-refractivity contribution in [3.8, 4) is 11.5 Å². The van der Waals surface area contributed by atoms with Gasteiger partial charge in [-0.05, 0) is 51.7 Å². The number of nitrogens with one attached hydrogen (secondary N) is 1. The van der Waals surface area contributed by atoms with Gasteiger partial charge in [-0.2, -0.15) is 0 Å². The number of aliphatic hydroxyl groups is 1. The van der Waals surface area contributed by atoms with Gasteiger partial charge in [0.1, 0.15) is 6.61 Å². The molecule has 3 aromatic rings. The van der Waals surface area contributed by atoms with Crippen molar-refractivity contribution in [3.63, 3.8) is 0 Å². The summed E-state index contributed by atoms with van der Waals surface area (Å²) in [5.41, 5.74) is 3.05. The van der Waals surface area contributed by atoms with Crippen molar-refractivity contribution in [2.75, 3.05) is 13.2 Å². The maximum absolute atomic E-state index is 10.3. The Morgan fingerprint density at radius 3 is 2.31 bits per heavy atom. The van der Waals surface area contributed by atoms with E-state index >= 15 is 0 Å². The molecule has 0 saturated heterocycles. The standard InChI is InChI=1S/C24H26BrNO3/c1-2-28-23-14-19(15-26-16-22(27)20-11-7-4-8-12-20)13-21(25)24(23)29-17-18-9-5-3-6-10-18/h3-14,22,26-27H,2,15-17H2,1H3/t22-/m0/s1. The van der Waals surface area contributed by atoms with Crippen LogP contribution in [0.15, 0.2) is 77.3 Å². The summed E-state index contributed by atoms with van der Waals surface area (Å²) in [6.45, 7) is 4.06. The van der Waals surface area contributed by atoms with E-state index in [4.69, 9.17) is 9.47 Å². The highest BCUT2D eigenvalue weighted by Crippen LogP contribution is 2.37. The molecule has 0 aliphatic heterocycles. The number of aliphatic hydroxyl groups excluding tert-OH is 1. The van der Waals surface area contributed by atoms with Crippen LogP contribution >= 0.6 is 15.9 Å². The van der Waals surface area contributed by atoms with Crippen molar-refractivity contribution < 1.29 is 14.6 Å². The van der Waals surface area contributed by atoms with Gasteiger partial charge in [-0.1, -0.05) is 60.7 Å². The lowest BCUT2D eigenvalue weighted by Crippen LogP contribution is -2.21. The average molecular weight is 456 g/mol. The normalized spacial score (nSPS) is 11.8. The van der Waals surface area contributed by atoms with E-state index in [0.29, 0.717) is 37.8 Å². The summed E-state index contributed by atoms with van der Waals surface area (Å²) in [5.74, 6) is 1.40. The molecule has 0 saturated carbocycles. The van der Waals surface area contributed by atoms with Gasteiger partial charge >= 0.3 is 0 Å². The Morgan fingerprint density at radius 1 is 0.931 bits per heavy atom. The van der Waals surface area contributed by atoms with E-state index in [1.165, 1.54) is 0 Å². The van der Waals surface area contributed by atoms with Crippen molar-refractivity contribution >= 4 is 15.9 Å². The Kier molecular flexibility index (Phi) is 8.11. The molecule has 0 fully saturated rings. The number of hydrogen-bond donors (Lipinski definition) is 2. The minimum atomic E-state index is -0.542. The minimum Gasteiger partial charge on any atom is -0.490 e. The molecular formula is C24H26BrNO3. The summed E-state index contributed by atoms with van der Waals surface area (Å²) in [6, 6.07) is 23.7. The van der Waals surface area contributed by atoms with E-state index in [1.54, 1.807) is 0 Å². The van der Waals surface area contributed by atoms with Crippen LogP contribution in [0.2, 0.25) is 0 Å². The van der Waals surface area contributed by atoms with Gasteiger partial charge in [-0.25, -0.2) is 0 Å². The number of hydrogen-bond acceptors (Lipinski definition) is 4. The molecule has 4 nitrogen and oxygen atoms in total. The first kappa shape index (κ1) is 21.4. The maximum Gasteiger partial charge on any atom is 0.175 e. The summed E-state index contributed by atoms with van der Waals surface area (Å²) in [7, 11) is 0. The predicted octanol–water partition coefficient (Wildman–Crippen LogP) is 5.25. The molecule has 0 radical (unpaired) electrons. The molecule has 0 bridgehead atoms. The molecule has 2 N–H and O–H groups in total. The minimum absolute atomic E-state index is 0.470. The molecule has 3 aromatic carbocycles. The second-order valence-corrected chi connectivity index (χ2v) is 7.52. The van der Waals surface area contributed by atoms with Crippen LogP contribution in [0.3, 0.4) is 0 Å². The predicted molar refractivity (Wildman–Crippen MR) is 119 cm³/mol. The van der Waals surface area contributed by atoms with E-state index in [9.17, 15) is 5.11 Å². The average Bonchev–Trinajstić information content (AvgIpc) is 2.74. The molecule has 0 aliphatic carbocycles. The lowest BCUT2D eigenvalue weighted by atomic mass is 10.1. The third-order valence-corrected chi connectivity index (χ3v) is 5.04. The van der Waals surface area contributed by atoms with Gasteiger partial charge < -0.3 is 19.9 Å². The summed E-state index contributed by atoms with van der Waals surface area (Å²) < 4.78 is 12.7. The van der Waals surface area contributed by atoms with E-state index in [1.807, 2.05) is 79.7 Å². The van der Waals surface area contributed by atoms with Gasteiger partial charge in [0.05, 0.1) is 17.2 Å². The van der Waals surface area contributed by atoms with Gasteiger partial charge in [0.15, 0.2) is 11.5 Å². The first-order chi connectivity index (χ1) is 14.2. The highest BCUT2D eigenvalue weighted by molar-refractivity contribution is 9.10. The van der Waals surface area contributed by atoms with Crippen LogP contribution in [0.4, 0.5) is 0 Å². The Bertz CT molecular complexity index is 887. The van der Waals surface area contributed by atoms with Crippen molar-refractivity contribution in [2.24, 2.45) is 0 Å². The lowest BCUT2D eigenvalue weighted by Gasteiger charge is -2.17. The third-order valence-electron chi connectivity index (χ3n) is 4.45. The lowest BCUT2D eigenvalue weighted by molar-refractivity contribution is 0.174. The molecule has 0 aliphatic rings. The molecule has 152 valence electrons. The Balaban J connectivity index is 1.63. The molecule has 0 amide bonds. The highest BCUT2D eigenvalue weighted by atomic mass is 79.9. The smallest absolute Gasteiger partial charge is 0.175 e. The van der Waals surface area contributed by atoms with Gasteiger partial charge in [0.25, 0.3) is 0 Å². The zero-order valence-corrected chi connectivity index (χ0v) is 18.1. The van der Waals surface area contributed by atoms with Crippen LogP contribution in [0.5, 0.6) is 11.5 Å². The largest absolute Gasteiger partial charge is 0.490 e. The first-order valence-corrected chi connectivity index (χ1v) is 10.5. The van der Waals surface area contributed by atoms with E-state index in [-0.39, 0.29) is 0 Å². The molecule has 1 atom stereocenters. The Hall–Kier alpha value is -2.34. The second-order valence-electron chi connectivity index (χ2n) is 6.67. The van der Waals surface area contributed by atoms with Crippen LogP contribution in [-0.2, 0) is 13.2 Å². The molecule has 0 heterocycles. The molecule has 0 aromatic heterocycles. The van der Waals surface area contributed by atoms with Crippen LogP contribution in [0, 0.1) is 0 Å². The molecule has 29 heavy (non-hydrogen) atoms. The fourth-order valence-corrected chi connectivity index (χ4v) is 3.61. The monoisotopic (exact) mass is 455 g/mol. The molecule has 0 unspecified atom stereocenters. The zero-order valence-electron chi connectivity index (χ0n) is 16.5. The first-order valence-electron chi connectivity index (χ1n) is 9.73. The van der Waals surface area contributed by atoms with Gasteiger partial charge in [-0.3, -0.25) is 0 Å². The van der Waals surface area contributed by atoms with Crippen LogP contribution in [-0.4, -0.2) is 18.3 Å². The summed E-state index contributed by atoms with van der Waals surface area (Å²) in [4.78, 5) is 0. The van der Waals surface area contributed by atoms with E-state index in [0.717, 1.165) is 21.2 Å². The fourth-order valence-electron chi connectivity index (χ4n) is 3.00. The van der Waals surface area contributed by atoms with Crippen molar-refractivity contribution in [3.05, 3.63) is 94.0 Å². The van der Waals surface area contributed by atoms with Crippen molar-refractivity contribution in [1.29, 1.82) is 0 Å². The topological polar surface area (TPSA) is 50.7 Å². The van der Waals surface area contributed by atoms with E-state index < -0.39 is 6.10 Å². The van der Waals surface area contributed by atoms with Crippen LogP contribution in [0.25, 0.3) is 0 Å². The summed E-state index contributed by atoms with van der Waals surface area (Å²) in [5, 5.41) is 13.6. The number of benzene rings is 3. The van der Waals surface area contributed by atoms with Crippen LogP contribution < -0.4 is 14.8 Å². The van der Waals surface area contributed by atoms with E-state index in [2.05, 4.69) is 21.2 Å². The van der Waals surface area contributed by atoms with Gasteiger partial charge in [0.2, 0.25) is 0 Å². The summed E-state index contributed by atoms with van der Waals surface area (Å²) >= 11 is 3.62. The summed E-state index contributed by atoms with van der Waals surface area (Å²) in [6.07, 6.45) is -0.542. The van der Waals surface area contributed by atoms with Crippen molar-refractivity contribution in [2.45, 2.75) is 26.2 Å². The Morgan fingerprint density at radius 2 is 1.62 bits per heavy atom. The second kappa shape index (κ2) is 11.0. The Labute approximate surface area is 180 Å². The SMILES string of the molecule is CCOc1cc(CNC[C@H](O)c2ccccc2)cc(Br)c1OCc1ccccc1. The zero-order chi connectivity index (χ0) is 20.5. The third kappa shape index (κ3) is 6.32. The maximum atomic E-state index is 10.3. The number of halogens is 1. The number of rotatable bonds is 10. The molecule has 5 heteroatoms. The molecule has 3 rings (SSSR count). The molecular weight excluding hydrogens is 430 g/mol. The van der Waals surface area contributed by atoms with Gasteiger partial charge in [-0.15, -0.1) is 0 Å². The number of ether oxygens (including phenoxy) is 2. The molecule has 0 spiro atoms. The highest BCUT2D eigenvalue weighted by Gasteiger charge is 2.13. The van der Waals surface area contributed by atoms with Gasteiger partial charge in [0, 0.05) is 13.1 Å². The van der Waals surface area contributed by atoms with Crippen LogP contribution in [0.1, 0.15) is 29.7 Å². The fraction of sp³-hybridized carbons (Fsp3) is 0.250.